The standard InChI is InChI=1S/C15H15NO5S/c1-11-2-8-14(9-3-11)22(19,20)16-12-4-6-13(7-5-12)21-10-15(17)18/h2-9,16H,10H2,1H3,(H,17,18). The summed E-state index contributed by atoms with van der Waals surface area (Å²) >= 11 is 0. The molecule has 2 aromatic rings. The Bertz CT molecular complexity index is 752. The fourth-order valence-corrected chi connectivity index (χ4v) is 2.75. The Morgan fingerprint density at radius 2 is 1.68 bits per heavy atom. The molecule has 0 amide bonds. The number of carboxylic acids is 1. The Balaban J connectivity index is 2.09. The van der Waals surface area contributed by atoms with Crippen molar-refractivity contribution >= 4 is 21.7 Å². The molecule has 7 heteroatoms. The van der Waals surface area contributed by atoms with Gasteiger partial charge in [-0.2, -0.15) is 0 Å². The number of benzene rings is 2. The third kappa shape index (κ3) is 4.23. The first-order valence-electron chi connectivity index (χ1n) is 6.41. The normalized spacial score (nSPS) is 11.0. The lowest BCUT2D eigenvalue weighted by Gasteiger charge is -2.09. The van der Waals surface area contributed by atoms with Gasteiger partial charge in [0, 0.05) is 5.69 Å². The quantitative estimate of drug-likeness (QED) is 0.851. The van der Waals surface area contributed by atoms with Crippen LogP contribution in [0.15, 0.2) is 53.4 Å². The Kier molecular flexibility index (Phi) is 4.67. The van der Waals surface area contributed by atoms with E-state index >= 15 is 0 Å². The van der Waals surface area contributed by atoms with Crippen LogP contribution < -0.4 is 9.46 Å². The molecule has 2 rings (SSSR count). The van der Waals surface area contributed by atoms with Gasteiger partial charge >= 0.3 is 5.97 Å². The van der Waals surface area contributed by atoms with E-state index in [1.807, 2.05) is 6.92 Å². The van der Waals surface area contributed by atoms with Gasteiger partial charge in [0.1, 0.15) is 5.75 Å². The molecular weight excluding hydrogens is 306 g/mol. The lowest BCUT2D eigenvalue weighted by atomic mass is 10.2. The first-order valence-corrected chi connectivity index (χ1v) is 7.89. The van der Waals surface area contributed by atoms with E-state index in [0.29, 0.717) is 11.4 Å². The zero-order valence-electron chi connectivity index (χ0n) is 11.8. The largest absolute Gasteiger partial charge is 0.482 e. The maximum Gasteiger partial charge on any atom is 0.341 e. The van der Waals surface area contributed by atoms with Gasteiger partial charge in [0.05, 0.1) is 4.90 Å². The minimum absolute atomic E-state index is 0.171. The molecule has 116 valence electrons. The first kappa shape index (κ1) is 15.8. The highest BCUT2D eigenvalue weighted by molar-refractivity contribution is 7.92. The lowest BCUT2D eigenvalue weighted by Crippen LogP contribution is -2.13. The van der Waals surface area contributed by atoms with E-state index in [1.54, 1.807) is 12.1 Å². The van der Waals surface area contributed by atoms with E-state index in [2.05, 4.69) is 4.72 Å². The molecule has 0 heterocycles. The van der Waals surface area contributed by atoms with Gasteiger partial charge < -0.3 is 9.84 Å². The van der Waals surface area contributed by atoms with E-state index in [4.69, 9.17) is 9.84 Å². The van der Waals surface area contributed by atoms with Crippen LogP contribution in [0.25, 0.3) is 0 Å². The van der Waals surface area contributed by atoms with Gasteiger partial charge in [0.15, 0.2) is 6.61 Å². The summed E-state index contributed by atoms with van der Waals surface area (Å²) in [6, 6.07) is 12.5. The summed E-state index contributed by atoms with van der Waals surface area (Å²) in [5.74, 6) is -0.732. The molecule has 6 nitrogen and oxygen atoms in total. The SMILES string of the molecule is Cc1ccc(S(=O)(=O)Nc2ccc(OCC(=O)O)cc2)cc1. The average molecular weight is 321 g/mol. The first-order chi connectivity index (χ1) is 10.4. The van der Waals surface area contributed by atoms with Crippen LogP contribution in [0.4, 0.5) is 5.69 Å². The molecule has 0 bridgehead atoms. The molecule has 0 aliphatic carbocycles. The van der Waals surface area contributed by atoms with Crippen molar-refractivity contribution in [3.8, 4) is 5.75 Å². The molecule has 0 saturated carbocycles. The number of aliphatic carboxylic acids is 1. The van der Waals surface area contributed by atoms with E-state index in [9.17, 15) is 13.2 Å². The van der Waals surface area contributed by atoms with Crippen LogP contribution in [0.5, 0.6) is 5.75 Å². The maximum atomic E-state index is 12.2. The summed E-state index contributed by atoms with van der Waals surface area (Å²) in [7, 11) is -3.65. The highest BCUT2D eigenvalue weighted by atomic mass is 32.2. The second kappa shape index (κ2) is 6.48. The van der Waals surface area contributed by atoms with Gasteiger partial charge in [-0.3, -0.25) is 4.72 Å². The topological polar surface area (TPSA) is 92.7 Å². The molecule has 0 fully saturated rings. The summed E-state index contributed by atoms with van der Waals surface area (Å²) in [4.78, 5) is 10.6. The number of nitrogens with one attached hydrogen (secondary N) is 1. The van der Waals surface area contributed by atoms with E-state index in [0.717, 1.165) is 5.56 Å². The summed E-state index contributed by atoms with van der Waals surface area (Å²) in [6.45, 7) is 1.42. The van der Waals surface area contributed by atoms with Crippen LogP contribution in [-0.2, 0) is 14.8 Å². The third-order valence-corrected chi connectivity index (χ3v) is 4.20. The molecule has 2 aromatic carbocycles. The number of carboxylic acid groups (broad SMARTS) is 1. The number of sulfonamides is 1. The molecule has 0 aromatic heterocycles. The van der Waals surface area contributed by atoms with Crippen LogP contribution in [0, 0.1) is 6.92 Å². The molecule has 0 unspecified atom stereocenters. The molecule has 0 radical (unpaired) electrons. The summed E-state index contributed by atoms with van der Waals surface area (Å²) in [5, 5.41) is 8.51. The predicted octanol–water partition coefficient (Wildman–Crippen LogP) is 2.26. The minimum Gasteiger partial charge on any atom is -0.482 e. The van der Waals surface area contributed by atoms with Crippen molar-refractivity contribution in [3.63, 3.8) is 0 Å². The van der Waals surface area contributed by atoms with Crippen molar-refractivity contribution in [2.45, 2.75) is 11.8 Å². The highest BCUT2D eigenvalue weighted by Crippen LogP contribution is 2.19. The van der Waals surface area contributed by atoms with Crippen LogP contribution in [0.1, 0.15) is 5.56 Å². The number of ether oxygens (including phenoxy) is 1. The zero-order chi connectivity index (χ0) is 16.2. The Morgan fingerprint density at radius 3 is 2.23 bits per heavy atom. The molecule has 0 atom stereocenters. The molecule has 0 spiro atoms. The van der Waals surface area contributed by atoms with Crippen LogP contribution in [0.2, 0.25) is 0 Å². The monoisotopic (exact) mass is 321 g/mol. The van der Waals surface area contributed by atoms with Gasteiger partial charge in [-0.25, -0.2) is 13.2 Å². The van der Waals surface area contributed by atoms with Crippen LogP contribution in [0.3, 0.4) is 0 Å². The fourth-order valence-electron chi connectivity index (χ4n) is 1.70. The van der Waals surface area contributed by atoms with E-state index in [-0.39, 0.29) is 4.90 Å². The Labute approximate surface area is 128 Å². The molecule has 0 aliphatic heterocycles. The molecule has 2 N–H and O–H groups in total. The van der Waals surface area contributed by atoms with Gasteiger partial charge in [0.25, 0.3) is 10.0 Å². The van der Waals surface area contributed by atoms with Crippen molar-refractivity contribution in [1.82, 2.24) is 0 Å². The lowest BCUT2D eigenvalue weighted by molar-refractivity contribution is -0.139. The number of rotatable bonds is 6. The minimum atomic E-state index is -3.65. The molecule has 0 saturated heterocycles. The Morgan fingerprint density at radius 1 is 1.09 bits per heavy atom. The second-order valence-corrected chi connectivity index (χ2v) is 6.31. The summed E-state index contributed by atoms with van der Waals surface area (Å²) in [5.41, 5.74) is 1.34. The fraction of sp³-hybridized carbons (Fsp3) is 0.133. The van der Waals surface area contributed by atoms with Gasteiger partial charge in [-0.1, -0.05) is 17.7 Å². The highest BCUT2D eigenvalue weighted by Gasteiger charge is 2.13. The van der Waals surface area contributed by atoms with Crippen molar-refractivity contribution in [3.05, 3.63) is 54.1 Å². The molecule has 22 heavy (non-hydrogen) atoms. The molecular formula is C15H15NO5S. The maximum absolute atomic E-state index is 12.2. The summed E-state index contributed by atoms with van der Waals surface area (Å²) < 4.78 is 31.8. The van der Waals surface area contributed by atoms with Gasteiger partial charge in [-0.05, 0) is 43.3 Å². The number of hydrogen-bond donors (Lipinski definition) is 2. The number of carbonyl (C=O) groups is 1. The average Bonchev–Trinajstić information content (AvgIpc) is 2.46. The third-order valence-electron chi connectivity index (χ3n) is 2.80. The van der Waals surface area contributed by atoms with Crippen molar-refractivity contribution in [2.75, 3.05) is 11.3 Å². The van der Waals surface area contributed by atoms with Crippen LogP contribution in [-0.4, -0.2) is 26.1 Å². The van der Waals surface area contributed by atoms with Crippen molar-refractivity contribution in [2.24, 2.45) is 0 Å². The Hall–Kier alpha value is -2.54. The number of aryl methyl sites for hydroxylation is 1. The number of anilines is 1. The van der Waals surface area contributed by atoms with Gasteiger partial charge in [-0.15, -0.1) is 0 Å². The van der Waals surface area contributed by atoms with E-state index < -0.39 is 22.6 Å². The predicted molar refractivity (Wildman–Crippen MR) is 81.6 cm³/mol. The smallest absolute Gasteiger partial charge is 0.341 e. The van der Waals surface area contributed by atoms with Crippen molar-refractivity contribution in [1.29, 1.82) is 0 Å². The van der Waals surface area contributed by atoms with Crippen LogP contribution >= 0.6 is 0 Å². The zero-order valence-corrected chi connectivity index (χ0v) is 12.6. The van der Waals surface area contributed by atoms with Crippen molar-refractivity contribution < 1.29 is 23.1 Å². The summed E-state index contributed by atoms with van der Waals surface area (Å²) in [6.07, 6.45) is 0. The van der Waals surface area contributed by atoms with Gasteiger partial charge in [0.2, 0.25) is 0 Å². The molecule has 0 aliphatic rings. The van der Waals surface area contributed by atoms with E-state index in [1.165, 1.54) is 36.4 Å². The second-order valence-electron chi connectivity index (χ2n) is 4.63. The number of hydrogen-bond acceptors (Lipinski definition) is 4.